The molecule has 2 amide bonds. The Labute approximate surface area is 171 Å². The van der Waals surface area contributed by atoms with Gasteiger partial charge in [-0.25, -0.2) is 4.79 Å². The number of hydrogen-bond donors (Lipinski definition) is 0. The van der Waals surface area contributed by atoms with Crippen molar-refractivity contribution in [1.82, 2.24) is 4.90 Å². The fourth-order valence-corrected chi connectivity index (χ4v) is 3.51. The molecule has 29 heavy (non-hydrogen) atoms. The summed E-state index contributed by atoms with van der Waals surface area (Å²) in [6.45, 7) is 2.25. The van der Waals surface area contributed by atoms with Crippen molar-refractivity contribution >= 4 is 35.0 Å². The second-order valence-corrected chi connectivity index (χ2v) is 6.86. The highest BCUT2D eigenvalue weighted by Gasteiger charge is 2.35. The van der Waals surface area contributed by atoms with Gasteiger partial charge in [-0.05, 0) is 54.6 Å². The first-order valence-corrected chi connectivity index (χ1v) is 9.51. The Balaban J connectivity index is 1.78. The third kappa shape index (κ3) is 4.45. The molecular formula is C20H19NO7S. The molecule has 1 saturated heterocycles. The van der Waals surface area contributed by atoms with Crippen LogP contribution in [-0.4, -0.2) is 42.8 Å². The van der Waals surface area contributed by atoms with Gasteiger partial charge in [0, 0.05) is 0 Å². The summed E-state index contributed by atoms with van der Waals surface area (Å²) in [7, 11) is 2.78. The van der Waals surface area contributed by atoms with E-state index in [1.807, 2.05) is 6.92 Å². The van der Waals surface area contributed by atoms with Crippen molar-refractivity contribution < 1.29 is 33.0 Å². The van der Waals surface area contributed by atoms with Crippen molar-refractivity contribution in [1.29, 1.82) is 0 Å². The van der Waals surface area contributed by atoms with Crippen LogP contribution in [-0.2, 0) is 16.1 Å². The van der Waals surface area contributed by atoms with Gasteiger partial charge in [-0.1, -0.05) is 6.07 Å². The van der Waals surface area contributed by atoms with E-state index < -0.39 is 17.1 Å². The van der Waals surface area contributed by atoms with E-state index in [1.54, 1.807) is 31.4 Å². The summed E-state index contributed by atoms with van der Waals surface area (Å²) in [5.41, 5.74) is 0.700. The molecule has 8 nitrogen and oxygen atoms in total. The first kappa shape index (κ1) is 20.5. The van der Waals surface area contributed by atoms with Crippen molar-refractivity contribution in [2.75, 3.05) is 20.8 Å². The van der Waals surface area contributed by atoms with Crippen LogP contribution in [0.25, 0.3) is 6.08 Å². The zero-order valence-electron chi connectivity index (χ0n) is 16.1. The molecule has 0 N–H and O–H groups in total. The third-order valence-electron chi connectivity index (χ3n) is 4.02. The van der Waals surface area contributed by atoms with Crippen molar-refractivity contribution in [2.45, 2.75) is 13.5 Å². The normalized spacial score (nSPS) is 15.1. The number of furan rings is 1. The van der Waals surface area contributed by atoms with Crippen LogP contribution in [0.2, 0.25) is 0 Å². The minimum Gasteiger partial charge on any atom is -0.493 e. The van der Waals surface area contributed by atoms with E-state index in [4.69, 9.17) is 13.9 Å². The molecular weight excluding hydrogens is 398 g/mol. The molecule has 9 heteroatoms. The lowest BCUT2D eigenvalue weighted by molar-refractivity contribution is -0.123. The molecule has 1 aliphatic heterocycles. The molecule has 1 aromatic carbocycles. The van der Waals surface area contributed by atoms with Crippen LogP contribution in [0, 0.1) is 0 Å². The Morgan fingerprint density at radius 2 is 1.97 bits per heavy atom. The van der Waals surface area contributed by atoms with Crippen molar-refractivity contribution in [3.8, 4) is 11.5 Å². The number of benzene rings is 1. The lowest BCUT2D eigenvalue weighted by Gasteiger charge is -2.10. The summed E-state index contributed by atoms with van der Waals surface area (Å²) in [6, 6.07) is 8.20. The lowest BCUT2D eigenvalue weighted by Crippen LogP contribution is -2.27. The summed E-state index contributed by atoms with van der Waals surface area (Å²) < 4.78 is 20.7. The molecule has 0 saturated carbocycles. The van der Waals surface area contributed by atoms with E-state index in [-0.39, 0.29) is 17.2 Å². The van der Waals surface area contributed by atoms with Crippen LogP contribution < -0.4 is 9.47 Å². The van der Waals surface area contributed by atoms with Gasteiger partial charge in [0.25, 0.3) is 11.1 Å². The summed E-state index contributed by atoms with van der Waals surface area (Å²) in [5.74, 6) is 0.369. The lowest BCUT2D eigenvalue weighted by atomic mass is 10.2. The maximum atomic E-state index is 12.7. The Morgan fingerprint density at radius 3 is 2.66 bits per heavy atom. The van der Waals surface area contributed by atoms with Crippen LogP contribution in [0.5, 0.6) is 11.5 Å². The zero-order valence-corrected chi connectivity index (χ0v) is 16.9. The number of carbonyl (C=O) groups excluding carboxylic acids is 3. The van der Waals surface area contributed by atoms with Crippen LogP contribution in [0.4, 0.5) is 4.79 Å². The molecule has 0 bridgehead atoms. The monoisotopic (exact) mass is 417 g/mol. The van der Waals surface area contributed by atoms with Crippen LogP contribution in [0.15, 0.2) is 39.7 Å². The minimum absolute atomic E-state index is 0.00620. The number of ether oxygens (including phenoxy) is 3. The van der Waals surface area contributed by atoms with Crippen LogP contribution in [0.3, 0.4) is 0 Å². The van der Waals surface area contributed by atoms with Crippen molar-refractivity contribution in [3.63, 3.8) is 0 Å². The molecule has 152 valence electrons. The number of rotatable bonds is 7. The van der Waals surface area contributed by atoms with E-state index in [1.165, 1.54) is 19.2 Å². The largest absolute Gasteiger partial charge is 0.493 e. The predicted molar refractivity (Wildman–Crippen MR) is 106 cm³/mol. The maximum Gasteiger partial charge on any atom is 0.373 e. The Bertz CT molecular complexity index is 979. The number of esters is 1. The predicted octanol–water partition coefficient (Wildman–Crippen LogP) is 3.71. The van der Waals surface area contributed by atoms with Crippen LogP contribution in [0.1, 0.15) is 28.8 Å². The summed E-state index contributed by atoms with van der Waals surface area (Å²) in [5, 5.41) is -0.421. The molecule has 1 aromatic heterocycles. The third-order valence-corrected chi connectivity index (χ3v) is 4.93. The van der Waals surface area contributed by atoms with Gasteiger partial charge in [0.05, 0.1) is 32.3 Å². The fraction of sp³-hybridized carbons (Fsp3) is 0.250. The number of carbonyl (C=O) groups is 3. The zero-order chi connectivity index (χ0) is 21.0. The number of nitrogens with zero attached hydrogens (tertiary/aromatic N) is 1. The number of methoxy groups -OCH3 is 2. The van der Waals surface area contributed by atoms with Gasteiger partial charge in [0.1, 0.15) is 5.76 Å². The number of hydrogen-bond acceptors (Lipinski definition) is 8. The molecule has 0 atom stereocenters. The van der Waals surface area contributed by atoms with Gasteiger partial charge >= 0.3 is 5.97 Å². The van der Waals surface area contributed by atoms with E-state index in [9.17, 15) is 14.4 Å². The topological polar surface area (TPSA) is 95.3 Å². The number of thioether (sulfide) groups is 1. The van der Waals surface area contributed by atoms with E-state index >= 15 is 0 Å². The number of imide groups is 1. The van der Waals surface area contributed by atoms with E-state index in [0.29, 0.717) is 29.4 Å². The summed E-state index contributed by atoms with van der Waals surface area (Å²) >= 11 is 0.836. The highest BCUT2D eigenvalue weighted by Crippen LogP contribution is 2.35. The molecule has 1 fully saturated rings. The SMILES string of the molecule is CCOc1cc(/C=C2/SC(=O)N(Cc3ccc(C(=O)OC)o3)C2=O)ccc1OC. The molecule has 3 rings (SSSR count). The van der Waals surface area contributed by atoms with Crippen molar-refractivity contribution in [2.24, 2.45) is 0 Å². The Morgan fingerprint density at radius 1 is 1.17 bits per heavy atom. The molecule has 2 heterocycles. The number of amides is 2. The second-order valence-electron chi connectivity index (χ2n) is 5.87. The highest BCUT2D eigenvalue weighted by atomic mass is 32.2. The van der Waals surface area contributed by atoms with E-state index in [0.717, 1.165) is 16.7 Å². The molecule has 0 unspecified atom stereocenters. The standard InChI is InChI=1S/C20H19NO7S/c1-4-27-16-9-12(5-7-14(16)25-2)10-17-18(22)21(20(24)29-17)11-13-6-8-15(28-13)19(23)26-3/h5-10H,4,11H2,1-3H3/b17-10+. The fourth-order valence-electron chi connectivity index (χ4n) is 2.67. The molecule has 2 aromatic rings. The quantitative estimate of drug-likeness (QED) is 0.497. The van der Waals surface area contributed by atoms with Gasteiger partial charge in [0.15, 0.2) is 11.5 Å². The minimum atomic E-state index is -0.630. The Kier molecular flexibility index (Phi) is 6.28. The van der Waals surface area contributed by atoms with Gasteiger partial charge < -0.3 is 18.6 Å². The van der Waals surface area contributed by atoms with Gasteiger partial charge in [-0.2, -0.15) is 0 Å². The van der Waals surface area contributed by atoms with Gasteiger partial charge in [-0.15, -0.1) is 0 Å². The van der Waals surface area contributed by atoms with E-state index in [2.05, 4.69) is 4.74 Å². The molecule has 0 spiro atoms. The molecule has 0 aliphatic carbocycles. The molecule has 0 radical (unpaired) electrons. The van der Waals surface area contributed by atoms with Gasteiger partial charge in [-0.3, -0.25) is 14.5 Å². The summed E-state index contributed by atoms with van der Waals surface area (Å²) in [4.78, 5) is 37.8. The maximum absolute atomic E-state index is 12.7. The van der Waals surface area contributed by atoms with Crippen LogP contribution >= 0.6 is 11.8 Å². The first-order chi connectivity index (χ1) is 14.0. The van der Waals surface area contributed by atoms with Crippen molar-refractivity contribution in [3.05, 3.63) is 52.3 Å². The highest BCUT2D eigenvalue weighted by molar-refractivity contribution is 8.18. The summed E-state index contributed by atoms with van der Waals surface area (Å²) in [6.07, 6.45) is 1.62. The Hall–Kier alpha value is -3.20. The second kappa shape index (κ2) is 8.87. The van der Waals surface area contributed by atoms with Gasteiger partial charge in [0.2, 0.25) is 5.76 Å². The first-order valence-electron chi connectivity index (χ1n) is 8.70. The average Bonchev–Trinajstić information content (AvgIpc) is 3.28. The smallest absolute Gasteiger partial charge is 0.373 e. The molecule has 1 aliphatic rings. The average molecular weight is 417 g/mol.